The van der Waals surface area contributed by atoms with Gasteiger partial charge in [0.15, 0.2) is 0 Å². The number of likely N-dealkylation sites (tertiary alicyclic amines) is 1. The summed E-state index contributed by atoms with van der Waals surface area (Å²) in [6.07, 6.45) is -0.676. The Morgan fingerprint density at radius 2 is 1.56 bits per heavy atom. The lowest BCUT2D eigenvalue weighted by Crippen LogP contribution is -2.45. The molecule has 0 bridgehead atoms. The Balaban J connectivity index is 0.000000448. The van der Waals surface area contributed by atoms with Gasteiger partial charge >= 0.3 is 18.2 Å². The highest BCUT2D eigenvalue weighted by Crippen LogP contribution is 2.37. The number of carbonyl (C=O) groups excluding carboxylic acids is 2. The van der Waals surface area contributed by atoms with Crippen LogP contribution < -0.4 is 0 Å². The molecule has 0 radical (unpaired) electrons. The van der Waals surface area contributed by atoms with Crippen LogP contribution >= 0.6 is 0 Å². The van der Waals surface area contributed by atoms with E-state index in [1.807, 2.05) is 23.1 Å². The fourth-order valence-electron chi connectivity index (χ4n) is 5.06. The quantitative estimate of drug-likeness (QED) is 0.523. The molecule has 3 heterocycles. The van der Waals surface area contributed by atoms with Crippen LogP contribution in [0, 0.1) is 5.92 Å². The number of carbonyl (C=O) groups is 3. The molecule has 1 aliphatic heterocycles. The van der Waals surface area contributed by atoms with Gasteiger partial charge in [0.05, 0.1) is 16.6 Å². The number of carboxylic acids is 1. The summed E-state index contributed by atoms with van der Waals surface area (Å²) in [7, 11) is 7.68. The zero-order valence-corrected chi connectivity index (χ0v) is 22.5. The Bertz CT molecular complexity index is 1380. The van der Waals surface area contributed by atoms with Crippen molar-refractivity contribution in [2.75, 3.05) is 41.3 Å². The summed E-state index contributed by atoms with van der Waals surface area (Å²) < 4.78 is 35.7. The van der Waals surface area contributed by atoms with Crippen molar-refractivity contribution >= 4 is 39.8 Å². The zero-order chi connectivity index (χ0) is 28.6. The van der Waals surface area contributed by atoms with E-state index in [2.05, 4.69) is 35.7 Å². The molecule has 1 saturated heterocycles. The highest BCUT2D eigenvalue weighted by atomic mass is 19.4. The molecule has 1 N–H and O–H groups in total. The first-order chi connectivity index (χ1) is 18.3. The third-order valence-electron chi connectivity index (χ3n) is 7.38. The number of fused-ring (bicyclic) bond motifs is 3. The molecule has 2 fully saturated rings. The van der Waals surface area contributed by atoms with E-state index < -0.39 is 12.1 Å². The van der Waals surface area contributed by atoms with Crippen molar-refractivity contribution in [1.29, 1.82) is 0 Å². The van der Waals surface area contributed by atoms with Gasteiger partial charge < -0.3 is 24.4 Å². The Labute approximate surface area is 224 Å². The Hall–Kier alpha value is -3.54. The second-order valence-corrected chi connectivity index (χ2v) is 10.6. The Morgan fingerprint density at radius 1 is 0.974 bits per heavy atom. The topological polar surface area (TPSA) is 91.0 Å². The van der Waals surface area contributed by atoms with Gasteiger partial charge in [-0.2, -0.15) is 13.2 Å². The van der Waals surface area contributed by atoms with Crippen LogP contribution in [-0.4, -0.2) is 100 Å². The maximum atomic E-state index is 13.7. The highest BCUT2D eigenvalue weighted by molar-refractivity contribution is 6.14. The molecule has 39 heavy (non-hydrogen) atoms. The number of amides is 2. The van der Waals surface area contributed by atoms with Crippen LogP contribution in [0.4, 0.5) is 18.0 Å². The van der Waals surface area contributed by atoms with Gasteiger partial charge in [0.1, 0.15) is 5.69 Å². The summed E-state index contributed by atoms with van der Waals surface area (Å²) in [6.45, 7) is 2.37. The third-order valence-corrected chi connectivity index (χ3v) is 7.38. The first-order valence-electron chi connectivity index (χ1n) is 12.9. The van der Waals surface area contributed by atoms with E-state index in [-0.39, 0.29) is 11.9 Å². The molecule has 2 amide bonds. The number of hydrogen-bond donors (Lipinski definition) is 1. The Kier molecular flexibility index (Phi) is 7.97. The summed E-state index contributed by atoms with van der Waals surface area (Å²) in [5.41, 5.74) is 3.45. The lowest BCUT2D eigenvalue weighted by Gasteiger charge is -2.35. The van der Waals surface area contributed by atoms with E-state index in [9.17, 15) is 22.8 Å². The number of halogens is 3. The molecule has 0 spiro atoms. The van der Waals surface area contributed by atoms with E-state index in [0.717, 1.165) is 54.4 Å². The van der Waals surface area contributed by atoms with Gasteiger partial charge in [-0.1, -0.05) is 18.2 Å². The smallest absolute Gasteiger partial charge is 0.475 e. The van der Waals surface area contributed by atoms with E-state index >= 15 is 0 Å². The van der Waals surface area contributed by atoms with Gasteiger partial charge in [0.2, 0.25) is 0 Å². The molecular weight excluding hydrogens is 515 g/mol. The fraction of sp³-hybridized carbons (Fsp3) is 0.519. The van der Waals surface area contributed by atoms with Gasteiger partial charge in [0.25, 0.3) is 5.91 Å². The number of carboxylic acid groups (broad SMARTS) is 1. The SMILES string of the molecule is CN(C)C(=O)n1c(C(=O)N2CCC(N(C)C)CC2)cc2c1c1ccccc1n2CC1CC1.O=C(O)C(F)(F)F. The minimum absolute atomic E-state index is 0.0457. The standard InChI is InChI=1S/C25H33N5O2.C2HF3O2/c1-26(2)18-11-13-28(14-12-18)24(31)22-15-21-23(30(22)25(32)27(3)4)19-7-5-6-8-20(19)29(21)16-17-9-10-17;3-2(4,5)1(6)7/h5-8,15,17-18H,9-14,16H2,1-4H3;(H,6,7). The van der Waals surface area contributed by atoms with Gasteiger partial charge in [-0.3, -0.25) is 9.36 Å². The average molecular weight is 550 g/mol. The van der Waals surface area contributed by atoms with E-state index in [1.54, 1.807) is 23.6 Å². The number of rotatable bonds is 4. The predicted molar refractivity (Wildman–Crippen MR) is 141 cm³/mol. The summed E-state index contributed by atoms with van der Waals surface area (Å²) in [5, 5.41) is 8.16. The van der Waals surface area contributed by atoms with Crippen LogP contribution in [0.2, 0.25) is 0 Å². The van der Waals surface area contributed by atoms with Crippen LogP contribution in [-0.2, 0) is 11.3 Å². The average Bonchev–Trinajstić information content (AvgIpc) is 3.55. The van der Waals surface area contributed by atoms with Crippen LogP contribution in [0.15, 0.2) is 30.3 Å². The molecule has 3 aromatic rings. The largest absolute Gasteiger partial charge is 0.490 e. The van der Waals surface area contributed by atoms with Gasteiger partial charge in [-0.05, 0) is 57.8 Å². The predicted octanol–water partition coefficient (Wildman–Crippen LogP) is 4.34. The molecule has 2 aliphatic rings. The minimum atomic E-state index is -5.08. The number of piperidine rings is 1. The van der Waals surface area contributed by atoms with Crippen molar-refractivity contribution in [1.82, 2.24) is 23.8 Å². The first kappa shape index (κ1) is 28.5. The van der Waals surface area contributed by atoms with Gasteiger partial charge in [-0.15, -0.1) is 0 Å². The van der Waals surface area contributed by atoms with Crippen molar-refractivity contribution in [3.63, 3.8) is 0 Å². The second kappa shape index (κ2) is 10.9. The summed E-state index contributed by atoms with van der Waals surface area (Å²) >= 11 is 0. The molecule has 0 unspecified atom stereocenters. The fourth-order valence-corrected chi connectivity index (χ4v) is 5.06. The van der Waals surface area contributed by atoms with Crippen LogP contribution in [0.1, 0.15) is 36.2 Å². The third kappa shape index (κ3) is 5.90. The molecule has 12 heteroatoms. The maximum absolute atomic E-state index is 13.7. The number of aliphatic carboxylic acids is 1. The van der Waals surface area contributed by atoms with Crippen LogP contribution in [0.5, 0.6) is 0 Å². The van der Waals surface area contributed by atoms with E-state index in [1.165, 1.54) is 12.8 Å². The van der Waals surface area contributed by atoms with Gasteiger partial charge in [-0.25, -0.2) is 9.59 Å². The first-order valence-corrected chi connectivity index (χ1v) is 12.9. The van der Waals surface area contributed by atoms with Crippen molar-refractivity contribution in [2.24, 2.45) is 5.92 Å². The number of alkyl halides is 3. The summed E-state index contributed by atoms with van der Waals surface area (Å²) in [4.78, 5) is 41.7. The number of hydrogen-bond acceptors (Lipinski definition) is 4. The van der Waals surface area contributed by atoms with Crippen molar-refractivity contribution in [3.8, 4) is 0 Å². The molecule has 2 aromatic heterocycles. The number of benzene rings is 1. The number of nitrogens with zero attached hydrogens (tertiary/aromatic N) is 5. The lowest BCUT2D eigenvalue weighted by molar-refractivity contribution is -0.192. The molecule has 1 aliphatic carbocycles. The normalized spacial score (nSPS) is 16.5. The van der Waals surface area contributed by atoms with Crippen LogP contribution in [0.25, 0.3) is 21.9 Å². The Morgan fingerprint density at radius 3 is 2.08 bits per heavy atom. The van der Waals surface area contributed by atoms with Gasteiger partial charge in [0, 0.05) is 45.2 Å². The molecule has 212 valence electrons. The molecule has 1 aromatic carbocycles. The minimum Gasteiger partial charge on any atom is -0.475 e. The van der Waals surface area contributed by atoms with E-state index in [0.29, 0.717) is 17.7 Å². The summed E-state index contributed by atoms with van der Waals surface area (Å²) in [6, 6.07) is 10.5. The zero-order valence-electron chi connectivity index (χ0n) is 22.5. The van der Waals surface area contributed by atoms with E-state index in [4.69, 9.17) is 9.90 Å². The van der Waals surface area contributed by atoms with Crippen LogP contribution in [0.3, 0.4) is 0 Å². The molecular formula is C27H34F3N5O4. The van der Waals surface area contributed by atoms with Crippen molar-refractivity contribution in [3.05, 3.63) is 36.0 Å². The van der Waals surface area contributed by atoms with Crippen molar-refractivity contribution < 1.29 is 32.7 Å². The number of aromatic nitrogens is 2. The molecule has 0 atom stereocenters. The second-order valence-electron chi connectivity index (χ2n) is 10.6. The molecule has 5 rings (SSSR count). The van der Waals surface area contributed by atoms with Crippen molar-refractivity contribution in [2.45, 2.75) is 44.4 Å². The maximum Gasteiger partial charge on any atom is 0.490 e. The molecule has 1 saturated carbocycles. The highest BCUT2D eigenvalue weighted by Gasteiger charge is 2.38. The molecule has 9 nitrogen and oxygen atoms in total. The summed E-state index contributed by atoms with van der Waals surface area (Å²) in [5.74, 6) is -2.12. The monoisotopic (exact) mass is 549 g/mol. The number of para-hydroxylation sites is 1. The lowest BCUT2D eigenvalue weighted by atomic mass is 10.0.